The van der Waals surface area contributed by atoms with E-state index >= 15 is 0 Å². The molecule has 0 atom stereocenters. The second kappa shape index (κ2) is 7.87. The van der Waals surface area contributed by atoms with Crippen LogP contribution in [0.3, 0.4) is 0 Å². The summed E-state index contributed by atoms with van der Waals surface area (Å²) in [7, 11) is 0. The number of amides is 1. The summed E-state index contributed by atoms with van der Waals surface area (Å²) >= 11 is 2.17. The van der Waals surface area contributed by atoms with E-state index in [4.69, 9.17) is 9.47 Å². The Morgan fingerprint density at radius 2 is 1.67 bits per heavy atom. The van der Waals surface area contributed by atoms with Crippen LogP contribution >= 0.6 is 22.6 Å². The van der Waals surface area contributed by atoms with Crippen LogP contribution in [0.2, 0.25) is 0 Å². The number of carbonyl (C=O) groups is 1. The number of rotatable bonds is 6. The molecule has 0 fully saturated rings. The summed E-state index contributed by atoms with van der Waals surface area (Å²) in [4.78, 5) is 11.9. The number of ether oxygens (including phenoxy) is 2. The van der Waals surface area contributed by atoms with Crippen LogP contribution in [0.5, 0.6) is 11.5 Å². The molecule has 2 aromatic carbocycles. The molecule has 2 rings (SSSR count). The molecule has 4 nitrogen and oxygen atoms in total. The first kappa shape index (κ1) is 15.6. The average molecular weight is 397 g/mol. The molecule has 0 heterocycles. The van der Waals surface area contributed by atoms with Gasteiger partial charge >= 0.3 is 0 Å². The zero-order chi connectivity index (χ0) is 15.1. The number of hydrogen-bond donors (Lipinski definition) is 1. The topological polar surface area (TPSA) is 47.6 Å². The highest BCUT2D eigenvalue weighted by Gasteiger charge is 2.08. The highest BCUT2D eigenvalue weighted by molar-refractivity contribution is 14.1. The lowest BCUT2D eigenvalue weighted by molar-refractivity contribution is -0.118. The molecule has 2 aromatic rings. The van der Waals surface area contributed by atoms with Gasteiger partial charge in [0, 0.05) is 3.57 Å². The average Bonchev–Trinajstić information content (AvgIpc) is 2.49. The summed E-state index contributed by atoms with van der Waals surface area (Å²) in [6, 6.07) is 14.9. The van der Waals surface area contributed by atoms with Crippen LogP contribution in [-0.2, 0) is 4.79 Å². The van der Waals surface area contributed by atoms with Crippen LogP contribution in [0.15, 0.2) is 48.5 Å². The molecule has 0 aliphatic carbocycles. The molecule has 0 bridgehead atoms. The maximum Gasteiger partial charge on any atom is 0.262 e. The van der Waals surface area contributed by atoms with Crippen molar-refractivity contribution >= 4 is 34.2 Å². The van der Waals surface area contributed by atoms with Crippen molar-refractivity contribution in [3.8, 4) is 11.5 Å². The van der Waals surface area contributed by atoms with Gasteiger partial charge in [-0.1, -0.05) is 24.3 Å². The number of para-hydroxylation sites is 3. The summed E-state index contributed by atoms with van der Waals surface area (Å²) in [5.74, 6) is 1.00. The van der Waals surface area contributed by atoms with Gasteiger partial charge in [0.2, 0.25) is 0 Å². The number of carbonyl (C=O) groups excluding carboxylic acids is 1. The molecule has 21 heavy (non-hydrogen) atoms. The summed E-state index contributed by atoms with van der Waals surface area (Å²) in [5, 5.41) is 2.82. The number of benzene rings is 2. The lowest BCUT2D eigenvalue weighted by atomic mass is 10.3. The van der Waals surface area contributed by atoms with Crippen molar-refractivity contribution in [3.63, 3.8) is 0 Å². The third-order valence-electron chi connectivity index (χ3n) is 2.66. The molecular formula is C16H16INO3. The monoisotopic (exact) mass is 397 g/mol. The molecule has 110 valence electrons. The van der Waals surface area contributed by atoms with Gasteiger partial charge in [-0.15, -0.1) is 0 Å². The Hall–Kier alpha value is -1.76. The fraction of sp³-hybridized carbons (Fsp3) is 0.188. The van der Waals surface area contributed by atoms with Crippen molar-refractivity contribution in [2.45, 2.75) is 6.92 Å². The molecule has 1 amide bonds. The van der Waals surface area contributed by atoms with Gasteiger partial charge in [0.1, 0.15) is 0 Å². The minimum atomic E-state index is -0.203. The van der Waals surface area contributed by atoms with Crippen molar-refractivity contribution in [2.75, 3.05) is 18.5 Å². The molecule has 0 spiro atoms. The van der Waals surface area contributed by atoms with Gasteiger partial charge in [-0.05, 0) is 53.8 Å². The van der Waals surface area contributed by atoms with E-state index in [0.29, 0.717) is 18.1 Å². The van der Waals surface area contributed by atoms with Crippen LogP contribution in [-0.4, -0.2) is 19.1 Å². The fourth-order valence-corrected chi connectivity index (χ4v) is 2.26. The van der Waals surface area contributed by atoms with E-state index in [0.717, 1.165) is 9.26 Å². The van der Waals surface area contributed by atoms with Crippen molar-refractivity contribution < 1.29 is 14.3 Å². The van der Waals surface area contributed by atoms with Gasteiger partial charge in [0.15, 0.2) is 18.1 Å². The Kier molecular flexibility index (Phi) is 5.86. The largest absolute Gasteiger partial charge is 0.490 e. The van der Waals surface area contributed by atoms with Crippen molar-refractivity contribution in [3.05, 3.63) is 52.1 Å². The van der Waals surface area contributed by atoms with Crippen molar-refractivity contribution in [1.29, 1.82) is 0 Å². The van der Waals surface area contributed by atoms with E-state index in [2.05, 4.69) is 27.9 Å². The summed E-state index contributed by atoms with van der Waals surface area (Å²) in [6.45, 7) is 2.39. The van der Waals surface area contributed by atoms with Crippen molar-refractivity contribution in [2.24, 2.45) is 0 Å². The molecule has 0 saturated heterocycles. The highest BCUT2D eigenvalue weighted by Crippen LogP contribution is 2.26. The van der Waals surface area contributed by atoms with E-state index < -0.39 is 0 Å². The Morgan fingerprint density at radius 1 is 1.05 bits per heavy atom. The first-order valence-corrected chi connectivity index (χ1v) is 7.67. The lowest BCUT2D eigenvalue weighted by Crippen LogP contribution is -2.20. The summed E-state index contributed by atoms with van der Waals surface area (Å²) < 4.78 is 12.0. The summed E-state index contributed by atoms with van der Waals surface area (Å²) in [5.41, 5.74) is 0.782. The molecule has 0 radical (unpaired) electrons. The van der Waals surface area contributed by atoms with Crippen LogP contribution in [0.4, 0.5) is 5.69 Å². The van der Waals surface area contributed by atoms with Crippen LogP contribution in [0.1, 0.15) is 6.92 Å². The van der Waals surface area contributed by atoms with Crippen LogP contribution in [0.25, 0.3) is 0 Å². The minimum Gasteiger partial charge on any atom is -0.490 e. The number of nitrogens with one attached hydrogen (secondary N) is 1. The van der Waals surface area contributed by atoms with Gasteiger partial charge in [-0.25, -0.2) is 0 Å². The van der Waals surface area contributed by atoms with Crippen LogP contribution < -0.4 is 14.8 Å². The van der Waals surface area contributed by atoms with Gasteiger partial charge in [0.25, 0.3) is 5.91 Å². The maximum absolute atomic E-state index is 11.9. The van der Waals surface area contributed by atoms with E-state index in [9.17, 15) is 4.79 Å². The van der Waals surface area contributed by atoms with Crippen molar-refractivity contribution in [1.82, 2.24) is 0 Å². The zero-order valence-corrected chi connectivity index (χ0v) is 13.8. The summed E-state index contributed by atoms with van der Waals surface area (Å²) in [6.07, 6.45) is 0. The van der Waals surface area contributed by atoms with Crippen LogP contribution in [0, 0.1) is 3.57 Å². The fourth-order valence-electron chi connectivity index (χ4n) is 1.74. The number of hydrogen-bond acceptors (Lipinski definition) is 3. The minimum absolute atomic E-state index is 0.0605. The molecule has 5 heteroatoms. The Labute approximate surface area is 137 Å². The Bertz CT molecular complexity index is 616. The van der Waals surface area contributed by atoms with Gasteiger partial charge in [-0.2, -0.15) is 0 Å². The molecule has 0 unspecified atom stereocenters. The quantitative estimate of drug-likeness (QED) is 0.757. The number of anilines is 1. The van der Waals surface area contributed by atoms with Gasteiger partial charge in [0.05, 0.1) is 12.3 Å². The van der Waals surface area contributed by atoms with Gasteiger partial charge in [-0.3, -0.25) is 4.79 Å². The molecule has 0 aliphatic heterocycles. The highest BCUT2D eigenvalue weighted by atomic mass is 127. The molecule has 0 aliphatic rings. The predicted molar refractivity (Wildman–Crippen MR) is 90.9 cm³/mol. The third kappa shape index (κ3) is 4.63. The second-order valence-electron chi connectivity index (χ2n) is 4.20. The molecule has 0 aromatic heterocycles. The molecule has 1 N–H and O–H groups in total. The zero-order valence-electron chi connectivity index (χ0n) is 11.6. The van der Waals surface area contributed by atoms with E-state index in [1.54, 1.807) is 6.07 Å². The SMILES string of the molecule is CCOc1ccccc1OCC(=O)Nc1ccccc1I. The standard InChI is InChI=1S/C16H16INO3/c1-2-20-14-9-5-6-10-15(14)21-11-16(19)18-13-8-4-3-7-12(13)17/h3-10H,2,11H2,1H3,(H,18,19). The Morgan fingerprint density at radius 3 is 2.33 bits per heavy atom. The molecule has 0 saturated carbocycles. The first-order valence-electron chi connectivity index (χ1n) is 6.59. The van der Waals surface area contributed by atoms with Gasteiger partial charge < -0.3 is 14.8 Å². The Balaban J connectivity index is 1.94. The number of halogens is 1. The predicted octanol–water partition coefficient (Wildman–Crippen LogP) is 3.71. The normalized spacial score (nSPS) is 10.0. The maximum atomic E-state index is 11.9. The van der Waals surface area contributed by atoms with E-state index in [1.165, 1.54) is 0 Å². The second-order valence-corrected chi connectivity index (χ2v) is 5.36. The molecular weight excluding hydrogens is 381 g/mol. The van der Waals surface area contributed by atoms with E-state index in [-0.39, 0.29) is 12.5 Å². The third-order valence-corrected chi connectivity index (χ3v) is 3.60. The lowest BCUT2D eigenvalue weighted by Gasteiger charge is -2.12. The van der Waals surface area contributed by atoms with E-state index in [1.807, 2.05) is 49.4 Å². The smallest absolute Gasteiger partial charge is 0.262 e. The first-order chi connectivity index (χ1) is 10.2.